The van der Waals surface area contributed by atoms with Gasteiger partial charge in [-0.15, -0.1) is 0 Å². The lowest BCUT2D eigenvalue weighted by Crippen LogP contribution is -2.05. The van der Waals surface area contributed by atoms with E-state index in [9.17, 15) is 9.90 Å². The van der Waals surface area contributed by atoms with Gasteiger partial charge in [-0.25, -0.2) is 9.78 Å². The van der Waals surface area contributed by atoms with Crippen molar-refractivity contribution in [1.29, 1.82) is 0 Å². The van der Waals surface area contributed by atoms with Crippen molar-refractivity contribution in [2.75, 3.05) is 11.9 Å². The van der Waals surface area contributed by atoms with E-state index in [0.717, 1.165) is 51.2 Å². The molecule has 3 N–H and O–H groups in total. The van der Waals surface area contributed by atoms with E-state index in [1.165, 1.54) is 12.8 Å². The van der Waals surface area contributed by atoms with Crippen LogP contribution >= 0.6 is 0 Å². The predicted molar refractivity (Wildman–Crippen MR) is 107 cm³/mol. The van der Waals surface area contributed by atoms with Gasteiger partial charge < -0.3 is 15.4 Å². The first-order valence-corrected chi connectivity index (χ1v) is 9.17. The number of anilines is 1. The molecule has 0 amide bonds. The number of nitrogens with one attached hydrogen (secondary N) is 2. The molecule has 27 heavy (non-hydrogen) atoms. The third kappa shape index (κ3) is 3.01. The lowest BCUT2D eigenvalue weighted by atomic mass is 10.0. The summed E-state index contributed by atoms with van der Waals surface area (Å²) in [6.07, 6.45) is 4.44. The summed E-state index contributed by atoms with van der Waals surface area (Å²) in [7, 11) is 0. The maximum atomic E-state index is 11.4. The van der Waals surface area contributed by atoms with E-state index in [2.05, 4.69) is 28.5 Å². The molecule has 0 radical (unpaired) electrons. The Morgan fingerprint density at radius 2 is 2.04 bits per heavy atom. The van der Waals surface area contributed by atoms with Gasteiger partial charge in [-0.1, -0.05) is 6.07 Å². The van der Waals surface area contributed by atoms with Gasteiger partial charge in [-0.3, -0.25) is 0 Å². The topological polar surface area (TPSA) is 78.0 Å². The van der Waals surface area contributed by atoms with Crippen LogP contribution in [0.3, 0.4) is 0 Å². The quantitative estimate of drug-likeness (QED) is 0.474. The number of pyridine rings is 1. The van der Waals surface area contributed by atoms with Gasteiger partial charge in [0.2, 0.25) is 0 Å². The van der Waals surface area contributed by atoms with Gasteiger partial charge in [0.05, 0.1) is 16.8 Å². The van der Waals surface area contributed by atoms with Crippen LogP contribution < -0.4 is 5.32 Å². The van der Waals surface area contributed by atoms with Crippen molar-refractivity contribution in [3.63, 3.8) is 0 Å². The summed E-state index contributed by atoms with van der Waals surface area (Å²) >= 11 is 0. The Balaban J connectivity index is 1.65. The average molecular weight is 357 g/mol. The molecule has 0 atom stereocenters. The van der Waals surface area contributed by atoms with Crippen LogP contribution in [0.4, 0.5) is 5.69 Å². The van der Waals surface area contributed by atoms with E-state index in [0.29, 0.717) is 0 Å². The van der Waals surface area contributed by atoms with Gasteiger partial charge in [-0.05, 0) is 61.2 Å². The van der Waals surface area contributed by atoms with Crippen LogP contribution in [0.2, 0.25) is 0 Å². The number of benzene rings is 2. The minimum atomic E-state index is -0.924. The molecular formula is C22H19N3O2. The first kappa shape index (κ1) is 15.9. The van der Waals surface area contributed by atoms with Gasteiger partial charge in [0.15, 0.2) is 0 Å². The number of hydrogen-bond acceptors (Lipinski definition) is 3. The Morgan fingerprint density at radius 3 is 2.85 bits per heavy atom. The third-order valence-electron chi connectivity index (χ3n) is 5.18. The molecule has 1 saturated carbocycles. The zero-order valence-electron chi connectivity index (χ0n) is 14.7. The molecule has 5 rings (SSSR count). The zero-order chi connectivity index (χ0) is 18.4. The largest absolute Gasteiger partial charge is 0.478 e. The number of H-pyrrole nitrogens is 1. The lowest BCUT2D eigenvalue weighted by molar-refractivity contribution is 0.0697. The first-order valence-electron chi connectivity index (χ1n) is 9.17. The Hall–Kier alpha value is -3.34. The van der Waals surface area contributed by atoms with Crippen LogP contribution in [0.25, 0.3) is 33.1 Å². The molecule has 134 valence electrons. The van der Waals surface area contributed by atoms with E-state index in [-0.39, 0.29) is 5.56 Å². The van der Waals surface area contributed by atoms with Crippen molar-refractivity contribution >= 4 is 33.5 Å². The summed E-state index contributed by atoms with van der Waals surface area (Å²) in [6, 6.07) is 15.4. The van der Waals surface area contributed by atoms with E-state index < -0.39 is 5.97 Å². The number of aromatic amines is 1. The molecule has 1 aliphatic carbocycles. The molecular weight excluding hydrogens is 338 g/mol. The van der Waals surface area contributed by atoms with Crippen molar-refractivity contribution in [1.82, 2.24) is 9.97 Å². The smallest absolute Gasteiger partial charge is 0.335 e. The zero-order valence-corrected chi connectivity index (χ0v) is 14.7. The molecule has 0 saturated heterocycles. The summed E-state index contributed by atoms with van der Waals surface area (Å²) in [5, 5.41) is 14.8. The van der Waals surface area contributed by atoms with Crippen LogP contribution in [-0.4, -0.2) is 27.6 Å². The average Bonchev–Trinajstić information content (AvgIpc) is 3.39. The minimum absolute atomic E-state index is 0.278. The molecule has 2 heterocycles. The lowest BCUT2D eigenvalue weighted by Gasteiger charge is -2.13. The van der Waals surface area contributed by atoms with E-state index in [1.54, 1.807) is 18.2 Å². The Morgan fingerprint density at radius 1 is 1.15 bits per heavy atom. The fourth-order valence-electron chi connectivity index (χ4n) is 3.44. The Bertz CT molecular complexity index is 1170. The Labute approximate surface area is 156 Å². The summed E-state index contributed by atoms with van der Waals surface area (Å²) in [6.45, 7) is 0.909. The normalized spacial score (nSPS) is 13.9. The van der Waals surface area contributed by atoms with Crippen molar-refractivity contribution in [3.8, 4) is 11.3 Å². The van der Waals surface area contributed by atoms with Crippen LogP contribution in [0.15, 0.2) is 54.7 Å². The van der Waals surface area contributed by atoms with Gasteiger partial charge in [-0.2, -0.15) is 0 Å². The van der Waals surface area contributed by atoms with E-state index in [4.69, 9.17) is 4.98 Å². The standard InChI is InChI=1S/C22H19N3O2/c26-22(27)16-4-6-19-17(10-16)21(24-12-13-1-2-13)11-20(25-19)14-3-5-18-15(9-14)7-8-23-18/h3-11,13,23H,1-2,12H2,(H,24,25)(H,26,27). The van der Waals surface area contributed by atoms with Crippen LogP contribution in [0.5, 0.6) is 0 Å². The predicted octanol–water partition coefficient (Wildman–Crippen LogP) is 4.90. The Kier molecular flexibility index (Phi) is 3.60. The molecule has 1 fully saturated rings. The number of carboxylic acid groups (broad SMARTS) is 1. The maximum absolute atomic E-state index is 11.4. The number of carboxylic acids is 1. The highest BCUT2D eigenvalue weighted by Crippen LogP contribution is 2.33. The number of rotatable bonds is 5. The van der Waals surface area contributed by atoms with Crippen molar-refractivity contribution in [2.24, 2.45) is 5.92 Å². The van der Waals surface area contributed by atoms with Gasteiger partial charge >= 0.3 is 5.97 Å². The third-order valence-corrected chi connectivity index (χ3v) is 5.18. The van der Waals surface area contributed by atoms with Crippen molar-refractivity contribution < 1.29 is 9.90 Å². The fourth-order valence-corrected chi connectivity index (χ4v) is 3.44. The van der Waals surface area contributed by atoms with E-state index >= 15 is 0 Å². The second-order valence-electron chi connectivity index (χ2n) is 7.20. The highest BCUT2D eigenvalue weighted by molar-refractivity contribution is 5.99. The molecule has 0 bridgehead atoms. The number of carbonyl (C=O) groups is 1. The minimum Gasteiger partial charge on any atom is -0.478 e. The summed E-state index contributed by atoms with van der Waals surface area (Å²) < 4.78 is 0. The molecule has 2 aromatic heterocycles. The summed E-state index contributed by atoms with van der Waals surface area (Å²) in [4.78, 5) is 19.4. The molecule has 0 spiro atoms. The molecule has 0 unspecified atom stereocenters. The monoisotopic (exact) mass is 357 g/mol. The molecule has 4 aromatic rings. The van der Waals surface area contributed by atoms with Crippen LogP contribution in [0.1, 0.15) is 23.2 Å². The molecule has 0 aliphatic heterocycles. The number of aromatic nitrogens is 2. The van der Waals surface area contributed by atoms with Crippen LogP contribution in [0, 0.1) is 5.92 Å². The second-order valence-corrected chi connectivity index (χ2v) is 7.20. The molecule has 5 nitrogen and oxygen atoms in total. The van der Waals surface area contributed by atoms with Crippen molar-refractivity contribution in [3.05, 3.63) is 60.3 Å². The number of aromatic carboxylic acids is 1. The number of fused-ring (bicyclic) bond motifs is 2. The maximum Gasteiger partial charge on any atom is 0.335 e. The SMILES string of the molecule is O=C(O)c1ccc2nc(-c3ccc4[nH]ccc4c3)cc(NCC3CC3)c2c1. The highest BCUT2D eigenvalue weighted by Gasteiger charge is 2.21. The van der Waals surface area contributed by atoms with Gasteiger partial charge in [0.25, 0.3) is 0 Å². The van der Waals surface area contributed by atoms with Crippen LogP contribution in [-0.2, 0) is 0 Å². The van der Waals surface area contributed by atoms with Gasteiger partial charge in [0, 0.05) is 40.3 Å². The molecule has 5 heteroatoms. The number of hydrogen-bond donors (Lipinski definition) is 3. The summed E-state index contributed by atoms with van der Waals surface area (Å²) in [5.41, 5.74) is 5.04. The second kappa shape index (κ2) is 6.13. The first-order chi connectivity index (χ1) is 13.2. The van der Waals surface area contributed by atoms with Gasteiger partial charge in [0.1, 0.15) is 0 Å². The van der Waals surface area contributed by atoms with Crippen molar-refractivity contribution in [2.45, 2.75) is 12.8 Å². The highest BCUT2D eigenvalue weighted by atomic mass is 16.4. The summed E-state index contributed by atoms with van der Waals surface area (Å²) in [5.74, 6) is -0.206. The molecule has 2 aromatic carbocycles. The number of nitrogens with zero attached hydrogens (tertiary/aromatic N) is 1. The fraction of sp³-hybridized carbons (Fsp3) is 0.182. The van der Waals surface area contributed by atoms with E-state index in [1.807, 2.05) is 18.3 Å². The molecule has 1 aliphatic rings.